The first-order valence-corrected chi connectivity index (χ1v) is 25.2. The lowest BCUT2D eigenvalue weighted by Crippen LogP contribution is -1.70. The lowest BCUT2D eigenvalue weighted by atomic mass is 11.7. The smallest absolute Gasteiger partial charge is 0.0897 e. The molecule has 0 aliphatic carbocycles. The van der Waals surface area contributed by atoms with Crippen molar-refractivity contribution < 1.29 is 0 Å². The summed E-state index contributed by atoms with van der Waals surface area (Å²) in [6, 6.07) is 0. The highest BCUT2D eigenvalue weighted by molar-refractivity contribution is 14.1. The van der Waals surface area contributed by atoms with Crippen molar-refractivity contribution in [1.82, 2.24) is 0 Å². The maximum absolute atomic E-state index is 4.64. The number of halogens is 1. The second-order valence-corrected chi connectivity index (χ2v) is 11.2. The molecule has 0 atom stereocenters. The zero-order valence-electron chi connectivity index (χ0n) is 53.9. The Balaban J connectivity index is 4.13. The van der Waals surface area contributed by atoms with Crippen LogP contribution in [0.4, 0.5) is 0 Å². The Hall–Kier alpha value is -23.0. The summed E-state index contributed by atoms with van der Waals surface area (Å²) in [6.07, 6.45) is 0. The van der Waals surface area contributed by atoms with Crippen molar-refractivity contribution in [3.05, 3.63) is 0 Å². The van der Waals surface area contributed by atoms with E-state index in [1.165, 1.54) is 4.22 Å². The zero-order valence-corrected chi connectivity index (χ0v) is 56.0. The minimum Gasteiger partial charge on any atom is -0.303 e. The second kappa shape index (κ2) is 96.0. The first-order valence-electron chi connectivity index (χ1n) is 23.9. The van der Waals surface area contributed by atoms with Crippen LogP contribution in [0.3, 0.4) is 0 Å². The first kappa shape index (κ1) is 97.0. The summed E-state index contributed by atoms with van der Waals surface area (Å²) >= 11 is 1.81. The third-order valence-electron chi connectivity index (χ3n) is 4.71. The SMILES string of the molecule is NN=NN=NN=NN=NN=NN=NN=NN=NN=NN=NN=NN=NN=NN=NN=NN=NN=NN=NN=NN=NN=NN=NN=NN=NN=NN=NN=NN=NN=NN=NN=NN=NN=NN=NN=NN=NN=NN=NN=NN=NN=NN=NN=NN=NN=NN=NN=NN=NN=NN=NN=NN=NN=NN=NN=NN=NN=NN=NN=CI. The summed E-state index contributed by atoms with van der Waals surface area (Å²) < 4.78 is 1.33. The van der Waals surface area contributed by atoms with E-state index in [9.17, 15) is 0 Å². The van der Waals surface area contributed by atoms with Gasteiger partial charge >= 0.3 is 0 Å². The quantitative estimate of drug-likeness (QED) is 0.0200. The summed E-state index contributed by atoms with van der Waals surface area (Å²) in [5.74, 6) is 4.64. The predicted molar refractivity (Wildman–Crippen MR) is 308 cm³/mol. The van der Waals surface area contributed by atoms with E-state index < -0.39 is 0 Å². The van der Waals surface area contributed by atoms with Gasteiger partial charge in [-0.1, -0.05) is 5.22 Å². The van der Waals surface area contributed by atoms with E-state index in [1.807, 2.05) is 22.6 Å². The van der Waals surface area contributed by atoms with Crippen molar-refractivity contribution in [3.8, 4) is 0 Å². The lowest BCUT2D eigenvalue weighted by molar-refractivity contribution is 0.722. The van der Waals surface area contributed by atoms with E-state index in [2.05, 4.69) is 617 Å². The maximum atomic E-state index is 4.64. The van der Waals surface area contributed by atoms with Crippen molar-refractivity contribution >= 4 is 26.8 Å². The summed E-state index contributed by atoms with van der Waals surface area (Å²) in [5, 5.41) is 351. The summed E-state index contributed by atoms with van der Waals surface area (Å²) in [6.45, 7) is 0. The number of nitrogens with two attached hydrogens (primary N) is 1. The topological polar surface area (TPSA) is 1470 Å². The van der Waals surface area contributed by atoms with Crippen LogP contribution in [0.2, 0.25) is 0 Å². The van der Waals surface area contributed by atoms with Gasteiger partial charge in [0.2, 0.25) is 0 Å². The predicted octanol–water partition coefficient (Wildman–Crippen LogP) is 21.6. The molecule has 0 aromatic heterocycles. The van der Waals surface area contributed by atoms with Crippen molar-refractivity contribution in [2.45, 2.75) is 0 Å². The van der Waals surface area contributed by atoms with Crippen LogP contribution >= 0.6 is 22.6 Å². The maximum Gasteiger partial charge on any atom is 0.0897 e. The molecule has 0 aromatic carbocycles. The normalized spacial score (nSPS) is 15.8. The molecule has 119 heteroatoms. The molecule has 0 bridgehead atoms. The fourth-order valence-corrected chi connectivity index (χ4v) is 2.20. The van der Waals surface area contributed by atoms with E-state index in [4.69, 9.17) is 0 Å². The van der Waals surface area contributed by atoms with Crippen LogP contribution in [0.1, 0.15) is 0 Å². The van der Waals surface area contributed by atoms with Crippen LogP contribution in [-0.2, 0) is 0 Å². The van der Waals surface area contributed by atoms with E-state index in [-0.39, 0.29) is 0 Å². The van der Waals surface area contributed by atoms with E-state index in [0.717, 1.165) is 0 Å². The van der Waals surface area contributed by atoms with Gasteiger partial charge in [-0.05, 0) is 101 Å². The third-order valence-corrected chi connectivity index (χ3v) is 4.96. The highest BCUT2D eigenvalue weighted by atomic mass is 127. The lowest BCUT2D eigenvalue weighted by Gasteiger charge is -1.71. The molecule has 0 aromatic rings. The minimum absolute atomic E-state index is 1.33. The van der Waals surface area contributed by atoms with E-state index >= 15 is 0 Å². The van der Waals surface area contributed by atoms with Gasteiger partial charge in [-0.3, -0.25) is 0 Å². The third kappa shape index (κ3) is 95.0. The molecule has 2 N–H and O–H groups in total. The molecule has 120 heavy (non-hydrogen) atoms. The van der Waals surface area contributed by atoms with Gasteiger partial charge in [-0.25, -0.2) is 0 Å². The van der Waals surface area contributed by atoms with Crippen molar-refractivity contribution in [1.29, 1.82) is 0 Å². The Bertz CT molecular complexity index is 4170. The standard InChI is InChI=1S/CH3IN118/c2-1-4-6-8-10-12-14-16-18-20-22-24-26-28-30-32-34-36-38-40-42-44-46-48-50-52-54-56-58-60-62-64-66-68-70-72-74-76-78-80-82-84-86-88-90-92-94-96-98-100-102-104-106-108-110-112-114-116-118-120-119-117-115-113-111-109-107-105-103-101-99-97-95-93-91-89-87-85-83-81-79-77-75-73-71-69-67-65-63-61-59-57-55-53-51-49-47-45-43-41-39-37-35-33-31-29-27-25-23-21-19-17-15-13-11-9-7-5-3/h1H,(H2,3,6,7,10,11,14,15,18,19,22,23,26,27,30,31,34,35,38,39,42,43,46,47,50,51,54,55,58,59,62,63,66,67,70,71,74,75,78,79,82,83,86,87,90,91,94,95,98,99,102,103,106,107,110,111,114,115,118,119). The highest BCUT2D eigenvalue weighted by Crippen LogP contribution is 2.00. The van der Waals surface area contributed by atoms with Gasteiger partial charge in [0.25, 0.3) is 0 Å². The Labute approximate surface area is 642 Å². The fourth-order valence-electron chi connectivity index (χ4n) is 2.09. The van der Waals surface area contributed by atoms with Crippen molar-refractivity contribution in [2.24, 2.45) is 617 Å². The molecule has 0 rings (SSSR count). The highest BCUT2D eigenvalue weighted by Gasteiger charge is 1.82. The zero-order chi connectivity index (χ0) is 85.4. The molecule has 0 aliphatic rings. The molecule has 0 unspecified atom stereocenters. The molecule has 0 amide bonds. The van der Waals surface area contributed by atoms with Crippen molar-refractivity contribution in [3.63, 3.8) is 0 Å². The van der Waals surface area contributed by atoms with Gasteiger partial charge in [0.05, 0.1) is 4.22 Å². The number of rotatable bonds is 58. The molecule has 0 saturated carbocycles. The van der Waals surface area contributed by atoms with E-state index in [0.29, 0.717) is 0 Å². The fraction of sp³-hybridized carbons (Fsp3) is 0. The van der Waals surface area contributed by atoms with Gasteiger partial charge in [0.15, 0.2) is 0 Å². The van der Waals surface area contributed by atoms with Crippen LogP contribution in [-0.4, -0.2) is 4.22 Å². The molecule has 0 saturated heterocycles. The molecule has 0 spiro atoms. The summed E-state index contributed by atoms with van der Waals surface area (Å²) in [7, 11) is 0. The average Bonchev–Trinajstić information content (AvgIpc) is 1.40. The van der Waals surface area contributed by atoms with Crippen LogP contribution in [0.5, 0.6) is 0 Å². The Morgan fingerprint density at radius 1 is 0.0833 bits per heavy atom. The Morgan fingerprint density at radius 3 is 0.183 bits per heavy atom. The number of hydrogen-bond acceptors (Lipinski definition) is 2. The van der Waals surface area contributed by atoms with Gasteiger partial charge in [0.1, 0.15) is 0 Å². The molecule has 118 nitrogen and oxygen atoms in total. The van der Waals surface area contributed by atoms with E-state index in [1.54, 1.807) is 0 Å². The summed E-state index contributed by atoms with van der Waals surface area (Å²) in [5.41, 5.74) is 0. The molecule has 0 radical (unpaired) electrons. The van der Waals surface area contributed by atoms with Gasteiger partial charge in [-0.2, -0.15) is 0 Å². The number of hydrogen-bond donors (Lipinski definition) is 1. The minimum atomic E-state index is 1.33. The molecular weight excluding hydrogens is 1790 g/mol. The van der Waals surface area contributed by atoms with Gasteiger partial charge in [-0.15, -0.1) is 5.10 Å². The number of nitrogens with zero attached hydrogens (tertiary/aromatic N) is 117. The van der Waals surface area contributed by atoms with Crippen LogP contribution in [0.15, 0.2) is 611 Å². The Morgan fingerprint density at radius 2 is 0.133 bits per heavy atom. The molecule has 0 heterocycles. The second-order valence-electron chi connectivity index (χ2n) is 10.6. The van der Waals surface area contributed by atoms with Crippen molar-refractivity contribution in [2.75, 3.05) is 0 Å². The average molecular weight is 1790 g/mol. The Kier molecular flexibility index (Phi) is 77.6. The van der Waals surface area contributed by atoms with Gasteiger partial charge in [0, 0.05) is 522 Å². The van der Waals surface area contributed by atoms with Gasteiger partial charge < -0.3 is 5.84 Å². The molecule has 0 fully saturated rings. The molecular formula is CH3IN118. The van der Waals surface area contributed by atoms with Crippen LogP contribution < -0.4 is 5.84 Å². The molecule has 604 valence electrons. The first-order chi connectivity index (χ1) is 59.9. The molecule has 0 aliphatic heterocycles. The largest absolute Gasteiger partial charge is 0.303 e. The monoisotopic (exact) mass is 1790 g/mol. The van der Waals surface area contributed by atoms with Crippen LogP contribution in [0.25, 0.3) is 0 Å². The van der Waals surface area contributed by atoms with Crippen LogP contribution in [0, 0.1) is 0 Å². The summed E-state index contributed by atoms with van der Waals surface area (Å²) in [4.78, 5) is 0.